The van der Waals surface area contributed by atoms with Gasteiger partial charge in [-0.2, -0.15) is 5.10 Å². The molecule has 1 fully saturated rings. The molecule has 2 amide bonds. The van der Waals surface area contributed by atoms with Crippen molar-refractivity contribution in [1.29, 1.82) is 0 Å². The largest absolute Gasteiger partial charge is 0.323 e. The summed E-state index contributed by atoms with van der Waals surface area (Å²) in [7, 11) is 3.83. The van der Waals surface area contributed by atoms with Crippen LogP contribution in [0.2, 0.25) is 0 Å². The lowest BCUT2D eigenvalue weighted by atomic mass is 10.0. The molecule has 0 bridgehead atoms. The van der Waals surface area contributed by atoms with Crippen molar-refractivity contribution in [1.82, 2.24) is 24.6 Å². The maximum Gasteiger partial charge on any atom is 0.323 e. The third kappa shape index (κ3) is 5.22. The number of pyridine rings is 1. The predicted molar refractivity (Wildman–Crippen MR) is 141 cm³/mol. The maximum atomic E-state index is 13.8. The highest BCUT2D eigenvalue weighted by atomic mass is 19.1. The molecule has 1 aliphatic rings. The van der Waals surface area contributed by atoms with Crippen LogP contribution in [0.5, 0.6) is 0 Å². The number of likely N-dealkylation sites (N-methyl/N-ethyl adjacent to an activating group) is 1. The van der Waals surface area contributed by atoms with Gasteiger partial charge in [0.25, 0.3) is 0 Å². The van der Waals surface area contributed by atoms with Crippen molar-refractivity contribution in [2.45, 2.75) is 13.2 Å². The van der Waals surface area contributed by atoms with Crippen LogP contribution in [0.4, 0.5) is 20.6 Å². The smallest absolute Gasteiger partial charge is 0.308 e. The van der Waals surface area contributed by atoms with E-state index >= 15 is 0 Å². The lowest BCUT2D eigenvalue weighted by molar-refractivity contribution is 0.148. The number of aromatic nitrogens is 3. The summed E-state index contributed by atoms with van der Waals surface area (Å²) in [6.07, 6.45) is 5.40. The zero-order valence-corrected chi connectivity index (χ0v) is 20.4. The molecule has 0 radical (unpaired) electrons. The fraction of sp³-hybridized carbons (Fsp3) is 0.296. The van der Waals surface area contributed by atoms with Gasteiger partial charge in [0.2, 0.25) is 0 Å². The molecule has 1 saturated heterocycles. The maximum absolute atomic E-state index is 13.8. The number of hydrogen-bond acceptors (Lipinski definition) is 5. The standard InChI is InChI=1S/C27H30FN7O/c1-33-9-11-35(12-10-33)18-19-3-8-25(21(13-19)14-28)32-27(36)31-22-6-4-20(5-7-22)23-15-29-17-26-24(23)16-30-34(26)2/h3-8,13,15-17H,9-12,14,18H2,1-2H3,(H2,31,32,36)/i9T. The van der Waals surface area contributed by atoms with Crippen molar-refractivity contribution in [3.63, 3.8) is 0 Å². The van der Waals surface area contributed by atoms with E-state index in [2.05, 4.69) is 25.6 Å². The van der Waals surface area contributed by atoms with Gasteiger partial charge in [0.1, 0.15) is 6.67 Å². The lowest BCUT2D eigenvalue weighted by Gasteiger charge is -2.32. The molecule has 0 saturated carbocycles. The number of halogens is 1. The lowest BCUT2D eigenvalue weighted by Crippen LogP contribution is -2.43. The average molecular weight is 490 g/mol. The number of hydrogen-bond donors (Lipinski definition) is 2. The first-order valence-electron chi connectivity index (χ1n) is 12.5. The number of nitrogens with one attached hydrogen (secondary N) is 2. The summed E-state index contributed by atoms with van der Waals surface area (Å²) in [6, 6.07) is 12.5. The van der Waals surface area contributed by atoms with Gasteiger partial charge in [-0.15, -0.1) is 0 Å². The molecule has 186 valence electrons. The number of rotatable bonds is 6. The number of anilines is 2. The van der Waals surface area contributed by atoms with Crippen molar-refractivity contribution in [2.75, 3.05) is 43.8 Å². The van der Waals surface area contributed by atoms with E-state index in [1.165, 1.54) is 0 Å². The quantitative estimate of drug-likeness (QED) is 0.417. The van der Waals surface area contributed by atoms with E-state index in [4.69, 9.17) is 1.37 Å². The minimum absolute atomic E-state index is 0.256. The molecule has 5 rings (SSSR count). The number of piperazine rings is 1. The van der Waals surface area contributed by atoms with Crippen LogP contribution in [-0.2, 0) is 20.3 Å². The van der Waals surface area contributed by atoms with Gasteiger partial charge in [0.15, 0.2) is 0 Å². The van der Waals surface area contributed by atoms with Gasteiger partial charge in [-0.3, -0.25) is 14.6 Å². The van der Waals surface area contributed by atoms with Gasteiger partial charge < -0.3 is 15.5 Å². The van der Waals surface area contributed by atoms with Crippen molar-refractivity contribution in [2.24, 2.45) is 7.05 Å². The highest BCUT2D eigenvalue weighted by Gasteiger charge is 2.15. The molecule has 3 heterocycles. The Labute approximate surface area is 211 Å². The van der Waals surface area contributed by atoms with E-state index in [1.807, 2.05) is 55.5 Å². The minimum Gasteiger partial charge on any atom is -0.308 e. The second-order valence-corrected chi connectivity index (χ2v) is 9.07. The van der Waals surface area contributed by atoms with Crippen molar-refractivity contribution < 1.29 is 10.6 Å². The molecule has 2 N–H and O–H groups in total. The van der Waals surface area contributed by atoms with Gasteiger partial charge in [0.05, 0.1) is 17.9 Å². The number of carbonyl (C=O) groups is 1. The molecule has 0 spiro atoms. The highest BCUT2D eigenvalue weighted by molar-refractivity contribution is 6.00. The van der Waals surface area contributed by atoms with E-state index < -0.39 is 12.7 Å². The van der Waals surface area contributed by atoms with E-state index in [0.717, 1.165) is 40.7 Å². The molecule has 8 nitrogen and oxygen atoms in total. The van der Waals surface area contributed by atoms with Crippen molar-refractivity contribution in [3.8, 4) is 11.1 Å². The molecule has 0 aliphatic carbocycles. The Morgan fingerprint density at radius 3 is 2.67 bits per heavy atom. The summed E-state index contributed by atoms with van der Waals surface area (Å²) in [5.41, 5.74) is 5.31. The fourth-order valence-corrected chi connectivity index (χ4v) is 4.42. The molecule has 1 atom stereocenters. The fourth-order valence-electron chi connectivity index (χ4n) is 4.42. The number of amides is 2. The molecule has 9 heteroatoms. The Kier molecular flexibility index (Phi) is 6.56. The summed E-state index contributed by atoms with van der Waals surface area (Å²) in [5.74, 6) is 0. The first-order valence-corrected chi connectivity index (χ1v) is 11.9. The second kappa shape index (κ2) is 10.4. The number of aryl methyl sites for hydroxylation is 1. The Morgan fingerprint density at radius 1 is 1.06 bits per heavy atom. The molecule has 2 aromatic carbocycles. The first-order chi connectivity index (χ1) is 17.9. The molecular formula is C27H30FN7O. The van der Waals surface area contributed by atoms with Crippen molar-refractivity contribution >= 4 is 28.3 Å². The number of carbonyl (C=O) groups excluding carboxylic acids is 1. The van der Waals surface area contributed by atoms with E-state index in [1.54, 1.807) is 29.2 Å². The SMILES string of the molecule is [3H]C1CN(Cc2ccc(NC(=O)Nc3ccc(-c4cncc5c4cnn5C)cc3)c(CF)c2)CCN1C. The summed E-state index contributed by atoms with van der Waals surface area (Å²) in [5, 5.41) is 10.9. The first kappa shape index (κ1) is 22.6. The van der Waals surface area contributed by atoms with Crippen LogP contribution in [0.25, 0.3) is 22.0 Å². The highest BCUT2D eigenvalue weighted by Crippen LogP contribution is 2.28. The zero-order chi connectivity index (χ0) is 25.9. The van der Waals surface area contributed by atoms with Gasteiger partial charge in [-0.25, -0.2) is 9.18 Å². The summed E-state index contributed by atoms with van der Waals surface area (Å²) < 4.78 is 23.7. The van der Waals surface area contributed by atoms with Gasteiger partial charge in [-0.1, -0.05) is 18.2 Å². The monoisotopic (exact) mass is 489 g/mol. The van der Waals surface area contributed by atoms with Crippen LogP contribution in [-0.4, -0.2) is 63.8 Å². The molecule has 4 aromatic rings. The average Bonchev–Trinajstić information content (AvgIpc) is 3.28. The predicted octanol–water partition coefficient (Wildman–Crippen LogP) is 4.50. The Hall–Kier alpha value is -3.82. The van der Waals surface area contributed by atoms with Gasteiger partial charge >= 0.3 is 6.03 Å². The van der Waals surface area contributed by atoms with Crippen LogP contribution < -0.4 is 10.6 Å². The van der Waals surface area contributed by atoms with Gasteiger partial charge in [-0.05, 0) is 42.4 Å². The van der Waals surface area contributed by atoms with Crippen LogP contribution in [0, 0.1) is 0 Å². The Balaban J connectivity index is 1.23. The topological polar surface area (TPSA) is 78.3 Å². The third-order valence-electron chi connectivity index (χ3n) is 6.52. The molecule has 2 aromatic heterocycles. The number of fused-ring (bicyclic) bond motifs is 1. The number of alkyl halides is 1. The van der Waals surface area contributed by atoms with Gasteiger partial charge in [0, 0.05) is 75.2 Å². The molecule has 1 aliphatic heterocycles. The normalized spacial score (nSPS) is 17.2. The summed E-state index contributed by atoms with van der Waals surface area (Å²) in [4.78, 5) is 21.2. The number of benzene rings is 2. The van der Waals surface area contributed by atoms with Crippen LogP contribution in [0.1, 0.15) is 12.5 Å². The zero-order valence-electron chi connectivity index (χ0n) is 21.4. The van der Waals surface area contributed by atoms with Crippen molar-refractivity contribution in [3.05, 3.63) is 72.2 Å². The van der Waals surface area contributed by atoms with E-state index in [0.29, 0.717) is 30.0 Å². The molecule has 1 unspecified atom stereocenters. The molecular weight excluding hydrogens is 457 g/mol. The second-order valence-electron chi connectivity index (χ2n) is 9.07. The van der Waals surface area contributed by atoms with Crippen LogP contribution in [0.3, 0.4) is 0 Å². The number of urea groups is 1. The van der Waals surface area contributed by atoms with Crippen LogP contribution in [0.15, 0.2) is 61.1 Å². The summed E-state index contributed by atoms with van der Waals surface area (Å²) >= 11 is 0. The van der Waals surface area contributed by atoms with Crippen LogP contribution >= 0.6 is 0 Å². The number of nitrogens with zero attached hydrogens (tertiary/aromatic N) is 5. The third-order valence-corrected chi connectivity index (χ3v) is 6.52. The van der Waals surface area contributed by atoms with E-state index in [9.17, 15) is 9.18 Å². The molecule has 36 heavy (non-hydrogen) atoms. The van der Waals surface area contributed by atoms with E-state index in [-0.39, 0.29) is 6.52 Å². The summed E-state index contributed by atoms with van der Waals surface area (Å²) in [6.45, 7) is 2.06. The Bertz CT molecular complexity index is 1410. The minimum atomic E-state index is -0.685. The Morgan fingerprint density at radius 2 is 1.89 bits per heavy atom.